The molecule has 0 atom stereocenters. The summed E-state index contributed by atoms with van der Waals surface area (Å²) in [7, 11) is 0. The lowest BCUT2D eigenvalue weighted by Crippen LogP contribution is -2.21. The molecule has 1 aromatic heterocycles. The van der Waals surface area contributed by atoms with E-state index in [1.54, 1.807) is 19.1 Å². The van der Waals surface area contributed by atoms with Crippen molar-refractivity contribution in [1.82, 2.24) is 5.43 Å². The summed E-state index contributed by atoms with van der Waals surface area (Å²) in [5, 5.41) is 6.77. The molecule has 2 amide bonds. The van der Waals surface area contributed by atoms with E-state index in [0.29, 0.717) is 11.5 Å². The first kappa shape index (κ1) is 17.5. The van der Waals surface area contributed by atoms with E-state index in [-0.39, 0.29) is 24.7 Å². The summed E-state index contributed by atoms with van der Waals surface area (Å²) in [6.07, 6.45) is 1.69. The molecule has 2 N–H and O–H groups in total. The molecule has 0 fully saturated rings. The van der Waals surface area contributed by atoms with E-state index < -0.39 is 0 Å². The van der Waals surface area contributed by atoms with Gasteiger partial charge in [0.05, 0.1) is 6.26 Å². The average Bonchev–Trinajstić information content (AvgIpc) is 3.08. The minimum absolute atomic E-state index is 0.0611. The molecule has 1 heterocycles. The number of carbonyl (C=O) groups is 2. The fourth-order valence-electron chi connectivity index (χ4n) is 2.05. The molecule has 2 aromatic rings. The molecule has 0 aliphatic carbocycles. The number of hydrazone groups is 1. The Bertz CT molecular complexity index is 749. The van der Waals surface area contributed by atoms with Crippen LogP contribution in [0.5, 0.6) is 0 Å². The van der Waals surface area contributed by atoms with Crippen LogP contribution in [-0.4, -0.2) is 17.5 Å². The minimum atomic E-state index is -0.322. The molecule has 0 radical (unpaired) electrons. The lowest BCUT2D eigenvalue weighted by Gasteiger charge is -2.09. The summed E-state index contributed by atoms with van der Waals surface area (Å²) in [5.41, 5.74) is 5.80. The number of benzene rings is 1. The molecule has 24 heavy (non-hydrogen) atoms. The summed E-state index contributed by atoms with van der Waals surface area (Å²) >= 11 is 0. The third-order valence-electron chi connectivity index (χ3n) is 3.47. The standard InChI is InChI=1S/C18H21N3O3/c1-12-6-7-13(2)15(11-12)19-17(22)8-9-18(23)21-20-14(3)16-5-4-10-24-16/h4-7,10-11H,8-9H2,1-3H3,(H,19,22)(H,21,23)/b20-14+. The van der Waals surface area contributed by atoms with Gasteiger partial charge in [-0.05, 0) is 50.1 Å². The third kappa shape index (κ3) is 5.08. The van der Waals surface area contributed by atoms with Crippen molar-refractivity contribution >= 4 is 23.2 Å². The van der Waals surface area contributed by atoms with Crippen LogP contribution in [0.2, 0.25) is 0 Å². The van der Waals surface area contributed by atoms with Gasteiger partial charge >= 0.3 is 0 Å². The van der Waals surface area contributed by atoms with Crippen molar-refractivity contribution in [2.75, 3.05) is 5.32 Å². The Kier molecular flexibility index (Phi) is 5.89. The fraction of sp³-hybridized carbons (Fsp3) is 0.278. The van der Waals surface area contributed by atoms with Crippen LogP contribution in [0.3, 0.4) is 0 Å². The summed E-state index contributed by atoms with van der Waals surface area (Å²) in [4.78, 5) is 23.7. The summed E-state index contributed by atoms with van der Waals surface area (Å²) < 4.78 is 5.17. The van der Waals surface area contributed by atoms with Gasteiger partial charge < -0.3 is 9.73 Å². The van der Waals surface area contributed by atoms with Crippen molar-refractivity contribution in [3.63, 3.8) is 0 Å². The van der Waals surface area contributed by atoms with Crippen molar-refractivity contribution in [2.24, 2.45) is 5.10 Å². The van der Waals surface area contributed by atoms with Gasteiger partial charge in [-0.1, -0.05) is 12.1 Å². The molecule has 0 saturated carbocycles. The maximum atomic E-state index is 12.0. The number of carbonyl (C=O) groups excluding carboxylic acids is 2. The van der Waals surface area contributed by atoms with Crippen LogP contribution in [0.15, 0.2) is 46.1 Å². The number of aryl methyl sites for hydroxylation is 2. The Morgan fingerprint density at radius 3 is 2.58 bits per heavy atom. The Morgan fingerprint density at radius 2 is 1.88 bits per heavy atom. The predicted molar refractivity (Wildman–Crippen MR) is 92.8 cm³/mol. The number of amides is 2. The van der Waals surface area contributed by atoms with Crippen molar-refractivity contribution in [3.05, 3.63) is 53.5 Å². The van der Waals surface area contributed by atoms with Crippen molar-refractivity contribution in [1.29, 1.82) is 0 Å². The SMILES string of the molecule is C/C(=N\NC(=O)CCC(=O)Nc1cc(C)ccc1C)c1ccco1. The topological polar surface area (TPSA) is 83.7 Å². The average molecular weight is 327 g/mol. The molecular formula is C18H21N3O3. The fourth-order valence-corrected chi connectivity index (χ4v) is 2.05. The van der Waals surface area contributed by atoms with E-state index in [4.69, 9.17) is 4.42 Å². The monoisotopic (exact) mass is 327 g/mol. The molecule has 0 bridgehead atoms. The molecule has 126 valence electrons. The van der Waals surface area contributed by atoms with Crippen LogP contribution in [-0.2, 0) is 9.59 Å². The zero-order valence-electron chi connectivity index (χ0n) is 14.1. The number of hydrogen-bond donors (Lipinski definition) is 2. The normalized spacial score (nSPS) is 11.2. The smallest absolute Gasteiger partial charge is 0.240 e. The zero-order chi connectivity index (χ0) is 17.5. The zero-order valence-corrected chi connectivity index (χ0v) is 14.1. The second-order valence-corrected chi connectivity index (χ2v) is 5.58. The van der Waals surface area contributed by atoms with Gasteiger partial charge in [0.15, 0.2) is 0 Å². The van der Waals surface area contributed by atoms with Crippen LogP contribution in [0.4, 0.5) is 5.69 Å². The molecule has 0 aliphatic rings. The van der Waals surface area contributed by atoms with E-state index in [9.17, 15) is 9.59 Å². The van der Waals surface area contributed by atoms with Gasteiger partial charge in [0, 0.05) is 18.5 Å². The molecule has 0 saturated heterocycles. The van der Waals surface area contributed by atoms with Gasteiger partial charge in [0.1, 0.15) is 11.5 Å². The highest BCUT2D eigenvalue weighted by Crippen LogP contribution is 2.16. The second kappa shape index (κ2) is 8.10. The maximum absolute atomic E-state index is 12.0. The number of anilines is 1. The molecule has 0 aliphatic heterocycles. The Labute approximate surface area is 140 Å². The van der Waals surface area contributed by atoms with Gasteiger partial charge in [-0.15, -0.1) is 0 Å². The molecule has 2 rings (SSSR count). The summed E-state index contributed by atoms with van der Waals surface area (Å²) in [6.45, 7) is 5.61. The maximum Gasteiger partial charge on any atom is 0.240 e. The largest absolute Gasteiger partial charge is 0.463 e. The molecular weight excluding hydrogens is 306 g/mol. The van der Waals surface area contributed by atoms with E-state index in [0.717, 1.165) is 16.8 Å². The predicted octanol–water partition coefficient (Wildman–Crippen LogP) is 3.16. The quantitative estimate of drug-likeness (QED) is 0.631. The highest BCUT2D eigenvalue weighted by atomic mass is 16.3. The van der Waals surface area contributed by atoms with Crippen LogP contribution < -0.4 is 10.7 Å². The highest BCUT2D eigenvalue weighted by Gasteiger charge is 2.09. The highest BCUT2D eigenvalue weighted by molar-refractivity contribution is 5.97. The van der Waals surface area contributed by atoms with Gasteiger partial charge in [-0.2, -0.15) is 5.10 Å². The lowest BCUT2D eigenvalue weighted by molar-refractivity contribution is -0.124. The van der Waals surface area contributed by atoms with Crippen molar-refractivity contribution < 1.29 is 14.0 Å². The summed E-state index contributed by atoms with van der Waals surface area (Å²) in [6, 6.07) is 9.34. The van der Waals surface area contributed by atoms with Gasteiger partial charge in [-0.3, -0.25) is 9.59 Å². The van der Waals surface area contributed by atoms with Crippen LogP contribution >= 0.6 is 0 Å². The number of hydrogen-bond acceptors (Lipinski definition) is 4. The number of nitrogens with one attached hydrogen (secondary N) is 2. The molecule has 6 heteroatoms. The van der Waals surface area contributed by atoms with Gasteiger partial charge in [0.25, 0.3) is 0 Å². The first-order valence-corrected chi connectivity index (χ1v) is 7.70. The molecule has 1 aromatic carbocycles. The Balaban J connectivity index is 1.80. The van der Waals surface area contributed by atoms with Crippen molar-refractivity contribution in [3.8, 4) is 0 Å². The summed E-state index contributed by atoms with van der Waals surface area (Å²) in [5.74, 6) is 0.0607. The molecule has 0 unspecified atom stereocenters. The first-order chi connectivity index (χ1) is 11.5. The third-order valence-corrected chi connectivity index (χ3v) is 3.47. The van der Waals surface area contributed by atoms with E-state index >= 15 is 0 Å². The van der Waals surface area contributed by atoms with Crippen LogP contribution in [0.25, 0.3) is 0 Å². The number of furan rings is 1. The number of nitrogens with zero attached hydrogens (tertiary/aromatic N) is 1. The van der Waals surface area contributed by atoms with Gasteiger partial charge in [-0.25, -0.2) is 5.43 Å². The Hall–Kier alpha value is -2.89. The number of rotatable bonds is 6. The Morgan fingerprint density at radius 1 is 1.12 bits per heavy atom. The van der Waals surface area contributed by atoms with Crippen LogP contribution in [0.1, 0.15) is 36.7 Å². The first-order valence-electron chi connectivity index (χ1n) is 7.70. The molecule has 6 nitrogen and oxygen atoms in total. The van der Waals surface area contributed by atoms with E-state index in [1.165, 1.54) is 6.26 Å². The minimum Gasteiger partial charge on any atom is -0.463 e. The van der Waals surface area contributed by atoms with Crippen LogP contribution in [0, 0.1) is 13.8 Å². The van der Waals surface area contributed by atoms with Gasteiger partial charge in [0.2, 0.25) is 11.8 Å². The molecule has 0 spiro atoms. The van der Waals surface area contributed by atoms with E-state index in [2.05, 4.69) is 15.8 Å². The van der Waals surface area contributed by atoms with E-state index in [1.807, 2.05) is 32.0 Å². The lowest BCUT2D eigenvalue weighted by atomic mass is 10.1. The second-order valence-electron chi connectivity index (χ2n) is 5.58. The van der Waals surface area contributed by atoms with Crippen molar-refractivity contribution in [2.45, 2.75) is 33.6 Å².